The molecule has 1 aromatic heterocycles. The van der Waals surface area contributed by atoms with Crippen molar-refractivity contribution in [3.63, 3.8) is 0 Å². The molecule has 21 heavy (non-hydrogen) atoms. The van der Waals surface area contributed by atoms with Crippen LogP contribution in [0.4, 0.5) is 0 Å². The van der Waals surface area contributed by atoms with Crippen LogP contribution >= 0.6 is 27.3 Å². The molecule has 0 saturated heterocycles. The summed E-state index contributed by atoms with van der Waals surface area (Å²) in [5.74, 6) is 0.665. The maximum Gasteiger partial charge on any atom is 0.258 e. The van der Waals surface area contributed by atoms with Crippen LogP contribution < -0.4 is 4.74 Å². The van der Waals surface area contributed by atoms with Crippen LogP contribution in [0.3, 0.4) is 0 Å². The largest absolute Gasteiger partial charge is 0.496 e. The van der Waals surface area contributed by atoms with E-state index in [2.05, 4.69) is 27.4 Å². The van der Waals surface area contributed by atoms with Gasteiger partial charge in [-0.1, -0.05) is 15.9 Å². The maximum atomic E-state index is 12.9. The van der Waals surface area contributed by atoms with Gasteiger partial charge < -0.3 is 9.64 Å². The fourth-order valence-corrected chi connectivity index (χ4v) is 3.33. The van der Waals surface area contributed by atoms with Crippen LogP contribution in [0.25, 0.3) is 0 Å². The number of halogens is 1. The van der Waals surface area contributed by atoms with Gasteiger partial charge in [-0.15, -0.1) is 0 Å². The Morgan fingerprint density at radius 1 is 1.43 bits per heavy atom. The highest BCUT2D eigenvalue weighted by atomic mass is 79.9. The third-order valence-electron chi connectivity index (χ3n) is 3.58. The molecule has 1 fully saturated rings. The molecule has 0 unspecified atom stereocenters. The molecule has 0 N–H and O–H groups in total. The van der Waals surface area contributed by atoms with E-state index in [-0.39, 0.29) is 5.91 Å². The lowest BCUT2D eigenvalue weighted by Crippen LogP contribution is -2.32. The third kappa shape index (κ3) is 3.30. The first-order valence-corrected chi connectivity index (χ1v) is 8.58. The number of methoxy groups -OCH3 is 1. The Bertz CT molecular complexity index is 638. The number of nitrogens with zero attached hydrogens (tertiary/aromatic N) is 1. The molecule has 0 radical (unpaired) electrons. The van der Waals surface area contributed by atoms with Crippen molar-refractivity contribution in [3.8, 4) is 5.75 Å². The zero-order chi connectivity index (χ0) is 14.8. The molecular weight excluding hydrogens is 350 g/mol. The lowest BCUT2D eigenvalue weighted by molar-refractivity contribution is 0.0726. The van der Waals surface area contributed by atoms with Crippen LogP contribution in [-0.4, -0.2) is 24.0 Å². The predicted octanol–water partition coefficient (Wildman–Crippen LogP) is 4.32. The summed E-state index contributed by atoms with van der Waals surface area (Å²) >= 11 is 5.07. The molecule has 0 spiro atoms. The molecule has 1 heterocycles. The van der Waals surface area contributed by atoms with Gasteiger partial charge in [0.25, 0.3) is 5.91 Å². The highest BCUT2D eigenvalue weighted by Crippen LogP contribution is 2.32. The fraction of sp³-hybridized carbons (Fsp3) is 0.312. The van der Waals surface area contributed by atoms with Gasteiger partial charge in [-0.05, 0) is 53.4 Å². The summed E-state index contributed by atoms with van der Waals surface area (Å²) < 4.78 is 6.27. The smallest absolute Gasteiger partial charge is 0.258 e. The molecular formula is C16H16BrNO2S. The normalized spacial score (nSPS) is 14.0. The molecule has 0 bridgehead atoms. The highest BCUT2D eigenvalue weighted by molar-refractivity contribution is 9.10. The molecule has 1 saturated carbocycles. The quantitative estimate of drug-likeness (QED) is 0.789. The summed E-state index contributed by atoms with van der Waals surface area (Å²) in [6.45, 7) is 0.673. The van der Waals surface area contributed by atoms with E-state index >= 15 is 0 Å². The van der Waals surface area contributed by atoms with Gasteiger partial charge in [0.15, 0.2) is 0 Å². The summed E-state index contributed by atoms with van der Waals surface area (Å²) in [6.07, 6.45) is 2.18. The Labute approximate surface area is 136 Å². The SMILES string of the molecule is COc1cc(Br)ccc1C(=O)N(Cc1ccsc1)C1CC1. The first-order chi connectivity index (χ1) is 10.2. The average molecular weight is 366 g/mol. The van der Waals surface area contributed by atoms with E-state index in [0.717, 1.165) is 17.3 Å². The van der Waals surface area contributed by atoms with Crippen LogP contribution in [0, 0.1) is 0 Å². The minimum absolute atomic E-state index is 0.0491. The molecule has 1 aromatic carbocycles. The molecule has 0 aliphatic heterocycles. The molecule has 0 atom stereocenters. The number of benzene rings is 1. The van der Waals surface area contributed by atoms with Gasteiger partial charge in [0.05, 0.1) is 12.7 Å². The highest BCUT2D eigenvalue weighted by Gasteiger charge is 2.34. The first-order valence-electron chi connectivity index (χ1n) is 6.84. The lowest BCUT2D eigenvalue weighted by atomic mass is 10.1. The van der Waals surface area contributed by atoms with Crippen LogP contribution in [0.15, 0.2) is 39.5 Å². The number of thiophene rings is 1. The second kappa shape index (κ2) is 6.20. The second-order valence-corrected chi connectivity index (χ2v) is 6.84. The number of ether oxygens (including phenoxy) is 1. The van der Waals surface area contributed by atoms with Gasteiger partial charge in [0.2, 0.25) is 0 Å². The van der Waals surface area contributed by atoms with Crippen molar-refractivity contribution < 1.29 is 9.53 Å². The molecule has 5 heteroatoms. The van der Waals surface area contributed by atoms with Crippen LogP contribution in [0.5, 0.6) is 5.75 Å². The zero-order valence-corrected chi connectivity index (χ0v) is 14.1. The van der Waals surface area contributed by atoms with Crippen molar-refractivity contribution >= 4 is 33.2 Å². The van der Waals surface area contributed by atoms with Crippen molar-refractivity contribution in [2.24, 2.45) is 0 Å². The fourth-order valence-electron chi connectivity index (χ4n) is 2.33. The summed E-state index contributed by atoms with van der Waals surface area (Å²) in [6, 6.07) is 7.99. The Morgan fingerprint density at radius 3 is 2.86 bits per heavy atom. The van der Waals surface area contributed by atoms with Gasteiger partial charge >= 0.3 is 0 Å². The lowest BCUT2D eigenvalue weighted by Gasteiger charge is -2.23. The van der Waals surface area contributed by atoms with Crippen LogP contribution in [-0.2, 0) is 6.54 Å². The van der Waals surface area contributed by atoms with Crippen molar-refractivity contribution in [2.75, 3.05) is 7.11 Å². The van der Waals surface area contributed by atoms with E-state index in [1.807, 2.05) is 28.5 Å². The van der Waals surface area contributed by atoms with E-state index < -0.39 is 0 Å². The molecule has 3 nitrogen and oxygen atoms in total. The molecule has 1 aliphatic rings. The van der Waals surface area contributed by atoms with E-state index in [4.69, 9.17) is 4.74 Å². The van der Waals surface area contributed by atoms with Crippen LogP contribution in [0.1, 0.15) is 28.8 Å². The van der Waals surface area contributed by atoms with Gasteiger partial charge in [-0.25, -0.2) is 0 Å². The average Bonchev–Trinajstić information content (AvgIpc) is 3.20. The van der Waals surface area contributed by atoms with Gasteiger partial charge in [0.1, 0.15) is 5.75 Å². The van der Waals surface area contributed by atoms with E-state index in [9.17, 15) is 4.79 Å². The minimum Gasteiger partial charge on any atom is -0.496 e. The first kappa shape index (κ1) is 14.6. The van der Waals surface area contributed by atoms with E-state index in [0.29, 0.717) is 23.9 Å². The molecule has 3 rings (SSSR count). The molecule has 2 aromatic rings. The number of hydrogen-bond donors (Lipinski definition) is 0. The zero-order valence-electron chi connectivity index (χ0n) is 11.7. The number of rotatable bonds is 5. The monoisotopic (exact) mass is 365 g/mol. The van der Waals surface area contributed by atoms with Crippen LogP contribution in [0.2, 0.25) is 0 Å². The summed E-state index contributed by atoms with van der Waals surface area (Å²) in [5.41, 5.74) is 1.82. The number of carbonyl (C=O) groups excluding carboxylic acids is 1. The summed E-state index contributed by atoms with van der Waals surface area (Å²) in [5, 5.41) is 4.15. The third-order valence-corrected chi connectivity index (χ3v) is 4.80. The van der Waals surface area contributed by atoms with Crippen molar-refractivity contribution in [1.29, 1.82) is 0 Å². The topological polar surface area (TPSA) is 29.5 Å². The van der Waals surface area contributed by atoms with E-state index in [1.54, 1.807) is 18.4 Å². The molecule has 1 aliphatic carbocycles. The van der Waals surface area contributed by atoms with Crippen molar-refractivity contribution in [1.82, 2.24) is 4.90 Å². The Kier molecular flexibility index (Phi) is 4.31. The standard InChI is InChI=1S/C16H16BrNO2S/c1-20-15-8-12(17)2-5-14(15)16(19)18(13-3-4-13)9-11-6-7-21-10-11/h2,5-8,10,13H,3-4,9H2,1H3. The summed E-state index contributed by atoms with van der Waals surface area (Å²) in [4.78, 5) is 14.8. The molecule has 110 valence electrons. The van der Waals surface area contributed by atoms with Crippen molar-refractivity contribution in [2.45, 2.75) is 25.4 Å². The van der Waals surface area contributed by atoms with Gasteiger partial charge in [-0.3, -0.25) is 4.79 Å². The Balaban J connectivity index is 1.87. The van der Waals surface area contributed by atoms with Gasteiger partial charge in [-0.2, -0.15) is 11.3 Å². The maximum absolute atomic E-state index is 12.9. The van der Waals surface area contributed by atoms with Gasteiger partial charge in [0, 0.05) is 17.1 Å². The minimum atomic E-state index is 0.0491. The second-order valence-electron chi connectivity index (χ2n) is 5.14. The number of hydrogen-bond acceptors (Lipinski definition) is 3. The Morgan fingerprint density at radius 2 is 2.24 bits per heavy atom. The van der Waals surface area contributed by atoms with Crippen molar-refractivity contribution in [3.05, 3.63) is 50.6 Å². The molecule has 1 amide bonds. The Hall–Kier alpha value is -1.33. The predicted molar refractivity (Wildman–Crippen MR) is 87.9 cm³/mol. The van der Waals surface area contributed by atoms with E-state index in [1.165, 1.54) is 5.56 Å². The summed E-state index contributed by atoms with van der Waals surface area (Å²) in [7, 11) is 1.60. The number of amides is 1. The number of carbonyl (C=O) groups is 1.